The lowest BCUT2D eigenvalue weighted by Gasteiger charge is -2.06. The lowest BCUT2D eigenvalue weighted by molar-refractivity contribution is -1.03. The van der Waals surface area contributed by atoms with Gasteiger partial charge in [-0.05, 0) is 0 Å². The maximum Gasteiger partial charge on any atom is 0.837 e. The molecule has 0 aromatic heterocycles. The molecule has 15 nitrogen and oxygen atoms in total. The Kier molecular flexibility index (Phi) is 3.50. The fourth-order valence-electron chi connectivity index (χ4n) is 0.843. The standard InChI is InChI=1S/C2HN5O10/c8-3(9)1(4(10)11)2(5(12)13,6(14)15)7(16)17/h1H. The van der Waals surface area contributed by atoms with Crippen LogP contribution in [0.3, 0.4) is 0 Å². The van der Waals surface area contributed by atoms with Gasteiger partial charge in [0.25, 0.3) is 0 Å². The molecule has 17 heavy (non-hydrogen) atoms. The maximum absolute atomic E-state index is 10.3. The second kappa shape index (κ2) is 4.24. The van der Waals surface area contributed by atoms with Gasteiger partial charge in [0.2, 0.25) is 0 Å². The van der Waals surface area contributed by atoms with E-state index < -0.39 is 36.6 Å². The lowest BCUT2D eigenvalue weighted by Crippen LogP contribution is -2.66. The fraction of sp³-hybridized carbons (Fsp3) is 1.00. The molecule has 0 saturated carbocycles. The van der Waals surface area contributed by atoms with Crippen molar-refractivity contribution in [3.63, 3.8) is 0 Å². The minimum Gasteiger partial charge on any atom is -0.258 e. The molecule has 0 aliphatic carbocycles. The first-order valence-corrected chi connectivity index (χ1v) is 3.30. The molecule has 0 aromatic carbocycles. The molecule has 94 valence electrons. The van der Waals surface area contributed by atoms with Crippen molar-refractivity contribution in [2.45, 2.75) is 12.0 Å². The van der Waals surface area contributed by atoms with Gasteiger partial charge in [-0.15, -0.1) is 0 Å². The van der Waals surface area contributed by atoms with Gasteiger partial charge < -0.3 is 0 Å². The van der Waals surface area contributed by atoms with Crippen LogP contribution in [-0.2, 0) is 0 Å². The normalized spacial score (nSPS) is 10.9. The van der Waals surface area contributed by atoms with E-state index in [2.05, 4.69) is 0 Å². The van der Waals surface area contributed by atoms with Gasteiger partial charge in [-0.2, -0.15) is 0 Å². The number of nitro groups is 5. The first-order chi connectivity index (χ1) is 7.59. The van der Waals surface area contributed by atoms with Crippen molar-refractivity contribution in [1.29, 1.82) is 0 Å². The summed E-state index contributed by atoms with van der Waals surface area (Å²) in [6, 6.07) is 0. The van der Waals surface area contributed by atoms with Crippen LogP contribution in [0.5, 0.6) is 0 Å². The van der Waals surface area contributed by atoms with Crippen LogP contribution < -0.4 is 0 Å². The Morgan fingerprint density at radius 3 is 0.941 bits per heavy atom. The minimum absolute atomic E-state index is 2.08. The summed E-state index contributed by atoms with van der Waals surface area (Å²) in [5, 5.41) is 51.1. The molecule has 0 radical (unpaired) electrons. The molecule has 15 heteroatoms. The van der Waals surface area contributed by atoms with Crippen molar-refractivity contribution < 1.29 is 24.6 Å². The summed E-state index contributed by atoms with van der Waals surface area (Å²) in [6.45, 7) is 0. The third kappa shape index (κ3) is 1.87. The third-order valence-corrected chi connectivity index (χ3v) is 1.55. The summed E-state index contributed by atoms with van der Waals surface area (Å²) in [4.78, 5) is 40.1. The molecule has 0 spiro atoms. The monoisotopic (exact) mass is 255 g/mol. The summed E-state index contributed by atoms with van der Waals surface area (Å²) in [6.07, 6.45) is -3.84. The van der Waals surface area contributed by atoms with Gasteiger partial charge in [-0.3, -0.25) is 50.6 Å². The number of nitrogens with zero attached hydrogens (tertiary/aromatic N) is 5. The van der Waals surface area contributed by atoms with E-state index in [1.807, 2.05) is 0 Å². The topological polar surface area (TPSA) is 216 Å². The molecule has 0 fully saturated rings. The van der Waals surface area contributed by atoms with Crippen LogP contribution >= 0.6 is 0 Å². The van der Waals surface area contributed by atoms with Gasteiger partial charge in [-0.25, -0.2) is 0 Å². The van der Waals surface area contributed by atoms with Crippen LogP contribution in [0, 0.1) is 50.6 Å². The van der Waals surface area contributed by atoms with E-state index in [9.17, 15) is 50.6 Å². The Balaban J connectivity index is 6.17. The second-order valence-corrected chi connectivity index (χ2v) is 2.40. The molecule has 0 aliphatic rings. The quantitative estimate of drug-likeness (QED) is 0.299. The van der Waals surface area contributed by atoms with Crippen molar-refractivity contribution in [2.24, 2.45) is 0 Å². The highest BCUT2D eigenvalue weighted by Crippen LogP contribution is 2.20. The molecule has 0 saturated heterocycles. The molecule has 0 aliphatic heterocycles. The Labute approximate surface area is 88.4 Å². The molecule has 0 aromatic rings. The average Bonchev–Trinajstić information content (AvgIpc) is 2.09. The molecule has 0 N–H and O–H groups in total. The molecule has 0 rings (SSSR count). The number of hydrogen-bond donors (Lipinski definition) is 0. The van der Waals surface area contributed by atoms with Crippen molar-refractivity contribution in [2.75, 3.05) is 0 Å². The number of hydrogen-bond acceptors (Lipinski definition) is 10. The van der Waals surface area contributed by atoms with E-state index in [0.717, 1.165) is 0 Å². The summed E-state index contributed by atoms with van der Waals surface area (Å²) in [5.41, 5.74) is 0. The van der Waals surface area contributed by atoms with Crippen LogP contribution in [0.15, 0.2) is 0 Å². The van der Waals surface area contributed by atoms with Gasteiger partial charge in [0.05, 0.1) is 0 Å². The smallest absolute Gasteiger partial charge is 0.258 e. The molecular weight excluding hydrogens is 254 g/mol. The van der Waals surface area contributed by atoms with E-state index in [1.165, 1.54) is 0 Å². The Morgan fingerprint density at radius 1 is 0.647 bits per heavy atom. The molecule has 0 amide bonds. The summed E-state index contributed by atoms with van der Waals surface area (Å²) in [7, 11) is 0. The molecule has 0 heterocycles. The van der Waals surface area contributed by atoms with E-state index in [1.54, 1.807) is 0 Å². The predicted molar refractivity (Wildman–Crippen MR) is 41.5 cm³/mol. The highest BCUT2D eigenvalue weighted by atomic mass is 16.8. The van der Waals surface area contributed by atoms with Crippen LogP contribution in [0.25, 0.3) is 0 Å². The van der Waals surface area contributed by atoms with Crippen LogP contribution in [0.1, 0.15) is 0 Å². The first-order valence-electron chi connectivity index (χ1n) is 3.30. The van der Waals surface area contributed by atoms with Gasteiger partial charge in [0.15, 0.2) is 14.8 Å². The average molecular weight is 255 g/mol. The summed E-state index contributed by atoms with van der Waals surface area (Å²) < 4.78 is 0. The maximum atomic E-state index is 10.3. The summed E-state index contributed by atoms with van der Waals surface area (Å²) in [5.74, 6) is -4.77. The Hall–Kier alpha value is -3.00. The Bertz CT molecular complexity index is 363. The van der Waals surface area contributed by atoms with Crippen molar-refractivity contribution in [3.05, 3.63) is 50.6 Å². The minimum atomic E-state index is -4.77. The largest absolute Gasteiger partial charge is 0.837 e. The predicted octanol–water partition coefficient (Wildman–Crippen LogP) is -1.65. The molecule has 0 unspecified atom stereocenters. The van der Waals surface area contributed by atoms with E-state index in [-0.39, 0.29) is 0 Å². The molecule has 0 bridgehead atoms. The summed E-state index contributed by atoms with van der Waals surface area (Å²) >= 11 is 0. The zero-order valence-corrected chi connectivity index (χ0v) is 7.40. The number of rotatable bonds is 6. The lowest BCUT2D eigenvalue weighted by atomic mass is 10.3. The molecular formula is C2HN5O10. The fourth-order valence-corrected chi connectivity index (χ4v) is 0.843. The Morgan fingerprint density at radius 2 is 0.882 bits per heavy atom. The van der Waals surface area contributed by atoms with Crippen LogP contribution in [0.4, 0.5) is 0 Å². The zero-order valence-electron chi connectivity index (χ0n) is 7.40. The second-order valence-electron chi connectivity index (χ2n) is 2.40. The molecule has 0 atom stereocenters. The first kappa shape index (κ1) is 14.0. The third-order valence-electron chi connectivity index (χ3n) is 1.55. The van der Waals surface area contributed by atoms with Crippen LogP contribution in [0.2, 0.25) is 0 Å². The highest BCUT2D eigenvalue weighted by molar-refractivity contribution is 4.57. The SMILES string of the molecule is O=[N+]([O-])C([N+](=O)[O-])C([N+](=O)[O-])([N+](=O)[O-])[N+](=O)[O-]. The van der Waals surface area contributed by atoms with Crippen molar-refractivity contribution in [3.8, 4) is 0 Å². The van der Waals surface area contributed by atoms with Gasteiger partial charge in [0.1, 0.15) is 9.85 Å². The van der Waals surface area contributed by atoms with E-state index >= 15 is 0 Å². The van der Waals surface area contributed by atoms with E-state index in [4.69, 9.17) is 0 Å². The van der Waals surface area contributed by atoms with Gasteiger partial charge in [-0.1, -0.05) is 0 Å². The van der Waals surface area contributed by atoms with Crippen LogP contribution in [-0.4, -0.2) is 36.6 Å². The zero-order chi connectivity index (χ0) is 14.0. The highest BCUT2D eigenvalue weighted by Gasteiger charge is 2.91. The van der Waals surface area contributed by atoms with Gasteiger partial charge in [0, 0.05) is 0 Å². The van der Waals surface area contributed by atoms with Gasteiger partial charge >= 0.3 is 12.0 Å². The van der Waals surface area contributed by atoms with Crippen molar-refractivity contribution in [1.82, 2.24) is 0 Å². The van der Waals surface area contributed by atoms with E-state index in [0.29, 0.717) is 0 Å². The van der Waals surface area contributed by atoms with Crippen molar-refractivity contribution >= 4 is 0 Å².